The monoisotopic (exact) mass is 236 g/mol. The maximum atomic E-state index is 12.0. The first-order chi connectivity index (χ1) is 8.04. The van der Waals surface area contributed by atoms with E-state index in [-0.39, 0.29) is 18.9 Å². The Morgan fingerprint density at radius 3 is 2.65 bits per heavy atom. The molecular formula is C12H16N2O3. The maximum absolute atomic E-state index is 12.0. The van der Waals surface area contributed by atoms with Crippen LogP contribution in [0.5, 0.6) is 0 Å². The normalized spacial score (nSPS) is 10.0. The molecule has 0 spiro atoms. The molecule has 92 valence electrons. The number of aromatic nitrogens is 1. The van der Waals surface area contributed by atoms with E-state index in [1.54, 1.807) is 12.3 Å². The Kier molecular flexibility index (Phi) is 4.63. The van der Waals surface area contributed by atoms with E-state index in [4.69, 9.17) is 5.11 Å². The minimum atomic E-state index is -0.904. The summed E-state index contributed by atoms with van der Waals surface area (Å²) in [7, 11) is 0. The molecule has 1 amide bonds. The number of aryl methyl sites for hydroxylation is 1. The van der Waals surface area contributed by atoms with E-state index >= 15 is 0 Å². The zero-order chi connectivity index (χ0) is 12.8. The van der Waals surface area contributed by atoms with E-state index in [9.17, 15) is 9.59 Å². The maximum Gasteiger partial charge on any atom is 0.305 e. The van der Waals surface area contributed by atoms with Gasteiger partial charge in [0.15, 0.2) is 0 Å². The smallest absolute Gasteiger partial charge is 0.305 e. The predicted molar refractivity (Wildman–Crippen MR) is 62.8 cm³/mol. The van der Waals surface area contributed by atoms with Crippen molar-refractivity contribution < 1.29 is 14.7 Å². The van der Waals surface area contributed by atoms with Crippen molar-refractivity contribution in [1.82, 2.24) is 9.88 Å². The van der Waals surface area contributed by atoms with Gasteiger partial charge in [0, 0.05) is 25.5 Å². The molecule has 0 unspecified atom stereocenters. The lowest BCUT2D eigenvalue weighted by molar-refractivity contribution is -0.137. The summed E-state index contributed by atoms with van der Waals surface area (Å²) in [6, 6.07) is 1.75. The molecule has 1 aromatic heterocycles. The van der Waals surface area contributed by atoms with E-state index in [1.165, 1.54) is 11.1 Å². The van der Waals surface area contributed by atoms with Gasteiger partial charge < -0.3 is 10.0 Å². The Balaban J connectivity index is 2.75. The van der Waals surface area contributed by atoms with E-state index in [2.05, 4.69) is 4.98 Å². The van der Waals surface area contributed by atoms with Crippen LogP contribution >= 0.6 is 0 Å². The highest BCUT2D eigenvalue weighted by Crippen LogP contribution is 2.06. The molecule has 5 nitrogen and oxygen atoms in total. The Labute approximate surface area is 100 Å². The zero-order valence-corrected chi connectivity index (χ0v) is 10.0. The van der Waals surface area contributed by atoms with E-state index in [0.717, 1.165) is 5.56 Å². The molecule has 5 heteroatoms. The lowest BCUT2D eigenvalue weighted by atomic mass is 10.2. The minimum absolute atomic E-state index is 0.0428. The second-order valence-electron chi connectivity index (χ2n) is 3.78. The average Bonchev–Trinajstić information content (AvgIpc) is 2.29. The van der Waals surface area contributed by atoms with E-state index < -0.39 is 5.97 Å². The molecule has 0 aliphatic rings. The highest BCUT2D eigenvalue weighted by Gasteiger charge is 2.15. The molecule has 0 atom stereocenters. The lowest BCUT2D eigenvalue weighted by Crippen LogP contribution is -2.32. The van der Waals surface area contributed by atoms with Gasteiger partial charge in [-0.25, -0.2) is 0 Å². The fraction of sp³-hybridized carbons (Fsp3) is 0.417. The Bertz CT molecular complexity index is 418. The third kappa shape index (κ3) is 3.86. The van der Waals surface area contributed by atoms with Crippen molar-refractivity contribution in [3.63, 3.8) is 0 Å². The molecule has 1 rings (SSSR count). The molecule has 1 aromatic rings. The zero-order valence-electron chi connectivity index (χ0n) is 10.0. The van der Waals surface area contributed by atoms with Crippen molar-refractivity contribution in [3.8, 4) is 0 Å². The van der Waals surface area contributed by atoms with Gasteiger partial charge in [0.25, 0.3) is 5.91 Å². The van der Waals surface area contributed by atoms with Crippen LogP contribution in [-0.2, 0) is 4.79 Å². The van der Waals surface area contributed by atoms with Gasteiger partial charge in [-0.2, -0.15) is 0 Å². The van der Waals surface area contributed by atoms with Crippen molar-refractivity contribution >= 4 is 11.9 Å². The van der Waals surface area contributed by atoms with Crippen LogP contribution in [0.15, 0.2) is 18.5 Å². The fourth-order valence-corrected chi connectivity index (χ4v) is 1.49. The Morgan fingerprint density at radius 1 is 1.41 bits per heavy atom. The third-order valence-electron chi connectivity index (χ3n) is 2.39. The van der Waals surface area contributed by atoms with Crippen LogP contribution in [0, 0.1) is 6.92 Å². The number of rotatable bonds is 5. The largest absolute Gasteiger partial charge is 0.481 e. The number of hydrogen-bond donors (Lipinski definition) is 1. The van der Waals surface area contributed by atoms with Crippen LogP contribution in [0.25, 0.3) is 0 Å². The minimum Gasteiger partial charge on any atom is -0.481 e. The Morgan fingerprint density at radius 2 is 2.12 bits per heavy atom. The third-order valence-corrected chi connectivity index (χ3v) is 2.39. The van der Waals surface area contributed by atoms with Crippen molar-refractivity contribution in [2.75, 3.05) is 13.1 Å². The predicted octanol–water partition coefficient (Wildman–Crippen LogP) is 1.33. The Hall–Kier alpha value is -1.91. The fourth-order valence-electron chi connectivity index (χ4n) is 1.49. The number of aliphatic carboxylic acids is 1. The number of nitrogens with zero attached hydrogens (tertiary/aromatic N) is 2. The summed E-state index contributed by atoms with van der Waals surface area (Å²) in [5.74, 6) is -1.08. The summed E-state index contributed by atoms with van der Waals surface area (Å²) in [6.07, 6.45) is 3.13. The van der Waals surface area contributed by atoms with Gasteiger partial charge in [0.2, 0.25) is 0 Å². The number of carbonyl (C=O) groups is 2. The van der Waals surface area contributed by atoms with Crippen LogP contribution in [0.1, 0.15) is 29.3 Å². The van der Waals surface area contributed by atoms with Gasteiger partial charge >= 0.3 is 5.97 Å². The average molecular weight is 236 g/mol. The van der Waals surface area contributed by atoms with Gasteiger partial charge in [-0.05, 0) is 25.5 Å². The number of amides is 1. The molecule has 0 aliphatic heterocycles. The van der Waals surface area contributed by atoms with Crippen LogP contribution in [0.2, 0.25) is 0 Å². The van der Waals surface area contributed by atoms with E-state index in [0.29, 0.717) is 12.1 Å². The first-order valence-corrected chi connectivity index (χ1v) is 5.47. The standard InChI is InChI=1S/C12H16N2O3/c1-3-14(5-4-11(15)16)12(17)10-6-9(2)7-13-8-10/h6-8H,3-5H2,1-2H3,(H,15,16). The van der Waals surface area contributed by atoms with Crippen LogP contribution in [-0.4, -0.2) is 40.0 Å². The molecule has 0 radical (unpaired) electrons. The number of carbonyl (C=O) groups excluding carboxylic acids is 1. The van der Waals surface area contributed by atoms with Gasteiger partial charge in [0.1, 0.15) is 0 Å². The topological polar surface area (TPSA) is 70.5 Å². The summed E-state index contributed by atoms with van der Waals surface area (Å²) in [5, 5.41) is 8.60. The van der Waals surface area contributed by atoms with Gasteiger partial charge in [-0.3, -0.25) is 14.6 Å². The van der Waals surface area contributed by atoms with Gasteiger partial charge in [-0.15, -0.1) is 0 Å². The highest BCUT2D eigenvalue weighted by atomic mass is 16.4. The molecule has 0 bridgehead atoms. The first kappa shape index (κ1) is 13.2. The van der Waals surface area contributed by atoms with Crippen molar-refractivity contribution in [2.45, 2.75) is 20.3 Å². The molecule has 17 heavy (non-hydrogen) atoms. The second-order valence-corrected chi connectivity index (χ2v) is 3.78. The molecule has 0 saturated carbocycles. The number of carboxylic acids is 1. The summed E-state index contributed by atoms with van der Waals surface area (Å²) in [4.78, 5) is 28.0. The molecule has 1 N–H and O–H groups in total. The quantitative estimate of drug-likeness (QED) is 0.837. The van der Waals surface area contributed by atoms with Gasteiger partial charge in [0.05, 0.1) is 12.0 Å². The number of hydrogen-bond acceptors (Lipinski definition) is 3. The number of carboxylic acid groups (broad SMARTS) is 1. The van der Waals surface area contributed by atoms with E-state index in [1.807, 2.05) is 13.8 Å². The molecule has 0 aliphatic carbocycles. The van der Waals surface area contributed by atoms with Crippen LogP contribution in [0.4, 0.5) is 0 Å². The summed E-state index contributed by atoms with van der Waals surface area (Å²) < 4.78 is 0. The molecule has 0 aromatic carbocycles. The first-order valence-electron chi connectivity index (χ1n) is 5.47. The van der Waals surface area contributed by atoms with Crippen molar-refractivity contribution in [1.29, 1.82) is 0 Å². The molecular weight excluding hydrogens is 220 g/mol. The second kappa shape index (κ2) is 5.98. The lowest BCUT2D eigenvalue weighted by Gasteiger charge is -2.19. The highest BCUT2D eigenvalue weighted by molar-refractivity contribution is 5.94. The SMILES string of the molecule is CCN(CCC(=O)O)C(=O)c1cncc(C)c1. The molecule has 1 heterocycles. The van der Waals surface area contributed by atoms with Crippen molar-refractivity contribution in [3.05, 3.63) is 29.6 Å². The number of pyridine rings is 1. The van der Waals surface area contributed by atoms with Crippen molar-refractivity contribution in [2.24, 2.45) is 0 Å². The van der Waals surface area contributed by atoms with Crippen LogP contribution in [0.3, 0.4) is 0 Å². The van der Waals surface area contributed by atoms with Crippen LogP contribution < -0.4 is 0 Å². The van der Waals surface area contributed by atoms with Gasteiger partial charge in [-0.1, -0.05) is 0 Å². The molecule has 0 fully saturated rings. The molecule has 0 saturated heterocycles. The summed E-state index contributed by atoms with van der Waals surface area (Å²) in [5.41, 5.74) is 1.40. The summed E-state index contributed by atoms with van der Waals surface area (Å²) >= 11 is 0. The summed E-state index contributed by atoms with van der Waals surface area (Å²) in [6.45, 7) is 4.39.